The minimum absolute atomic E-state index is 0.307. The van der Waals surface area contributed by atoms with Gasteiger partial charge in [-0.1, -0.05) is 0 Å². The second-order valence-corrected chi connectivity index (χ2v) is 3.95. The standard InChI is InChI=1S/C5H5F4IO/c1-3(2-11-3)4(6,7)5(8,9)10/h2H2,1H3. The van der Waals surface area contributed by atoms with Crippen LogP contribution in [0.1, 0.15) is 6.92 Å². The third-order valence-electron chi connectivity index (χ3n) is 1.60. The third-order valence-corrected chi connectivity index (χ3v) is 2.27. The van der Waals surface area contributed by atoms with Gasteiger partial charge >= 0.3 is 9.85 Å². The van der Waals surface area contributed by atoms with Crippen molar-refractivity contribution in [1.82, 2.24) is 0 Å². The van der Waals surface area contributed by atoms with E-state index in [0.717, 1.165) is 6.92 Å². The summed E-state index contributed by atoms with van der Waals surface area (Å²) in [4.78, 5) is 0. The highest BCUT2D eigenvalue weighted by Crippen LogP contribution is 2.53. The molecule has 0 aromatic rings. The molecule has 1 heterocycles. The summed E-state index contributed by atoms with van der Waals surface area (Å²) in [5.41, 5.74) is -1.96. The van der Waals surface area contributed by atoms with E-state index in [2.05, 4.69) is 4.74 Å². The first-order valence-corrected chi connectivity index (χ1v) is 3.87. The first-order valence-electron chi connectivity index (χ1n) is 2.79. The number of epoxide rings is 1. The summed E-state index contributed by atoms with van der Waals surface area (Å²) in [6.07, 6.45) is 0. The van der Waals surface area contributed by atoms with Gasteiger partial charge in [0, 0.05) is 22.6 Å². The Bertz CT molecular complexity index is 165. The van der Waals surface area contributed by atoms with Crippen LogP contribution >= 0.6 is 22.6 Å². The molecule has 1 rings (SSSR count). The zero-order valence-electron chi connectivity index (χ0n) is 5.51. The van der Waals surface area contributed by atoms with Crippen LogP contribution in [-0.2, 0) is 4.74 Å². The number of hydrogen-bond donors (Lipinski definition) is 0. The molecule has 1 unspecified atom stereocenters. The van der Waals surface area contributed by atoms with Gasteiger partial charge < -0.3 is 4.74 Å². The van der Waals surface area contributed by atoms with Gasteiger partial charge in [0.25, 0.3) is 0 Å². The van der Waals surface area contributed by atoms with Crippen molar-refractivity contribution in [2.45, 2.75) is 22.4 Å². The molecule has 1 aliphatic heterocycles. The van der Waals surface area contributed by atoms with Crippen LogP contribution in [0.5, 0.6) is 0 Å². The fourth-order valence-corrected chi connectivity index (χ4v) is 1.16. The van der Waals surface area contributed by atoms with Crippen LogP contribution in [0.15, 0.2) is 0 Å². The molecule has 0 bridgehead atoms. The lowest BCUT2D eigenvalue weighted by Gasteiger charge is -2.24. The van der Waals surface area contributed by atoms with Gasteiger partial charge in [-0.25, -0.2) is 0 Å². The van der Waals surface area contributed by atoms with Crippen molar-refractivity contribution in [2.24, 2.45) is 0 Å². The Kier molecular flexibility index (Phi) is 1.91. The molecule has 1 fully saturated rings. The maximum absolute atomic E-state index is 12.6. The zero-order valence-corrected chi connectivity index (χ0v) is 7.66. The van der Waals surface area contributed by atoms with Crippen LogP contribution in [-0.4, -0.2) is 22.1 Å². The Labute approximate surface area is 74.2 Å². The molecular weight excluding hydrogens is 279 g/mol. The quantitative estimate of drug-likeness (QED) is 0.328. The van der Waals surface area contributed by atoms with Crippen LogP contribution in [0, 0.1) is 0 Å². The number of ether oxygens (including phenoxy) is 1. The van der Waals surface area contributed by atoms with Crippen molar-refractivity contribution in [1.29, 1.82) is 0 Å². The maximum Gasteiger partial charge on any atom is 0.361 e. The van der Waals surface area contributed by atoms with Gasteiger partial charge in [-0.15, -0.1) is 0 Å². The molecule has 11 heavy (non-hydrogen) atoms. The van der Waals surface area contributed by atoms with Gasteiger partial charge in [-0.3, -0.25) is 0 Å². The lowest BCUT2D eigenvalue weighted by molar-refractivity contribution is -0.178. The maximum atomic E-state index is 12.6. The summed E-state index contributed by atoms with van der Waals surface area (Å²) in [6.45, 7) is 0.665. The molecule has 0 amide bonds. The first kappa shape index (κ1) is 9.50. The molecule has 66 valence electrons. The Morgan fingerprint density at radius 3 is 1.82 bits per heavy atom. The van der Waals surface area contributed by atoms with Gasteiger partial charge in [0.15, 0.2) is 5.60 Å². The van der Waals surface area contributed by atoms with Gasteiger partial charge in [0.1, 0.15) is 0 Å². The molecule has 1 nitrogen and oxygen atoms in total. The van der Waals surface area contributed by atoms with E-state index in [-0.39, 0.29) is 6.61 Å². The predicted octanol–water partition coefficient (Wildman–Crippen LogP) is 2.44. The molecule has 0 spiro atoms. The van der Waals surface area contributed by atoms with Crippen LogP contribution in [0.3, 0.4) is 0 Å². The molecule has 0 aromatic heterocycles. The highest BCUT2D eigenvalue weighted by atomic mass is 127. The lowest BCUT2D eigenvalue weighted by atomic mass is 10.1. The van der Waals surface area contributed by atoms with Gasteiger partial charge in [0.05, 0.1) is 6.61 Å². The highest BCUT2D eigenvalue weighted by Gasteiger charge is 2.72. The normalized spacial score (nSPS) is 32.2. The zero-order chi connectivity index (χ0) is 8.91. The minimum Gasteiger partial charge on any atom is -0.363 e. The van der Waals surface area contributed by atoms with E-state index in [4.69, 9.17) is 0 Å². The molecular formula is C5H5F4IO. The fourth-order valence-electron chi connectivity index (χ4n) is 0.589. The molecule has 6 heteroatoms. The smallest absolute Gasteiger partial charge is 0.361 e. The minimum atomic E-state index is -4.08. The molecule has 1 saturated heterocycles. The van der Waals surface area contributed by atoms with Crippen molar-refractivity contribution >= 4 is 22.6 Å². The van der Waals surface area contributed by atoms with E-state index in [1.54, 1.807) is 0 Å². The summed E-state index contributed by atoms with van der Waals surface area (Å²) in [7, 11) is 0. The third kappa shape index (κ3) is 1.34. The number of halogens is 5. The Morgan fingerprint density at radius 2 is 1.73 bits per heavy atom. The van der Waals surface area contributed by atoms with Crippen LogP contribution in [0.2, 0.25) is 0 Å². The highest BCUT2D eigenvalue weighted by molar-refractivity contribution is 14.1. The molecule has 0 aromatic carbocycles. The topological polar surface area (TPSA) is 12.5 Å². The van der Waals surface area contributed by atoms with Gasteiger partial charge in [0.2, 0.25) is 0 Å². The van der Waals surface area contributed by atoms with Crippen LogP contribution in [0.4, 0.5) is 17.6 Å². The summed E-state index contributed by atoms with van der Waals surface area (Å²) < 4.78 is 49.8. The van der Waals surface area contributed by atoms with E-state index in [9.17, 15) is 17.6 Å². The first-order chi connectivity index (χ1) is 4.71. The summed E-state index contributed by atoms with van der Waals surface area (Å²) in [5.74, 6) is -4.08. The number of rotatable bonds is 2. The summed E-state index contributed by atoms with van der Waals surface area (Å²) in [5, 5.41) is 0. The Morgan fingerprint density at radius 1 is 1.36 bits per heavy atom. The number of alkyl halides is 5. The summed E-state index contributed by atoms with van der Waals surface area (Å²) >= 11 is 0.421. The predicted molar refractivity (Wildman–Crippen MR) is 38.3 cm³/mol. The average molecular weight is 284 g/mol. The van der Waals surface area contributed by atoms with Crippen molar-refractivity contribution in [3.63, 3.8) is 0 Å². The lowest BCUT2D eigenvalue weighted by Crippen LogP contribution is -2.47. The monoisotopic (exact) mass is 284 g/mol. The SMILES string of the molecule is CC1(C(F)(F)C(F)(F)I)CO1. The summed E-state index contributed by atoms with van der Waals surface area (Å²) in [6, 6.07) is 0. The van der Waals surface area contributed by atoms with Crippen LogP contribution < -0.4 is 0 Å². The van der Waals surface area contributed by atoms with Crippen molar-refractivity contribution in [3.05, 3.63) is 0 Å². The Balaban J connectivity index is 2.82. The largest absolute Gasteiger partial charge is 0.363 e. The van der Waals surface area contributed by atoms with Crippen LogP contribution in [0.25, 0.3) is 0 Å². The Hall–Kier alpha value is 0.410. The van der Waals surface area contributed by atoms with Crippen molar-refractivity contribution < 1.29 is 22.3 Å². The second-order valence-electron chi connectivity index (χ2n) is 2.59. The van der Waals surface area contributed by atoms with E-state index in [0.29, 0.717) is 22.6 Å². The fraction of sp³-hybridized carbons (Fsp3) is 1.00. The van der Waals surface area contributed by atoms with Crippen molar-refractivity contribution in [2.75, 3.05) is 6.61 Å². The second kappa shape index (κ2) is 2.21. The van der Waals surface area contributed by atoms with Gasteiger partial charge in [-0.2, -0.15) is 17.6 Å². The molecule has 1 atom stereocenters. The number of hydrogen-bond acceptors (Lipinski definition) is 1. The van der Waals surface area contributed by atoms with E-state index in [1.165, 1.54) is 0 Å². The van der Waals surface area contributed by atoms with E-state index >= 15 is 0 Å². The molecule has 0 saturated carbocycles. The van der Waals surface area contributed by atoms with Gasteiger partial charge in [-0.05, 0) is 6.92 Å². The molecule has 1 aliphatic rings. The van der Waals surface area contributed by atoms with E-state index < -0.39 is 15.5 Å². The van der Waals surface area contributed by atoms with E-state index in [1.807, 2.05) is 0 Å². The molecule has 0 radical (unpaired) electrons. The average Bonchev–Trinajstić information content (AvgIpc) is 2.45. The molecule has 0 N–H and O–H groups in total. The van der Waals surface area contributed by atoms with Crippen molar-refractivity contribution in [3.8, 4) is 0 Å². The molecule has 0 aliphatic carbocycles.